The number of aromatic nitrogens is 2. The van der Waals surface area contributed by atoms with E-state index in [1.165, 1.54) is 44.2 Å². The maximum Gasteiger partial charge on any atom is 0.0547 e. The fourth-order valence-corrected chi connectivity index (χ4v) is 3.27. The van der Waals surface area contributed by atoms with Crippen molar-refractivity contribution in [1.29, 1.82) is 0 Å². The van der Waals surface area contributed by atoms with Crippen LogP contribution in [0, 0.1) is 5.92 Å². The lowest BCUT2D eigenvalue weighted by molar-refractivity contribution is 0.264. The highest BCUT2D eigenvalue weighted by atomic mass is 15.3. The third-order valence-electron chi connectivity index (χ3n) is 4.33. The van der Waals surface area contributed by atoms with Gasteiger partial charge < -0.3 is 5.32 Å². The molecule has 1 fully saturated rings. The van der Waals surface area contributed by atoms with E-state index in [4.69, 9.17) is 0 Å². The molecule has 102 valence electrons. The minimum absolute atomic E-state index is 0.408. The maximum atomic E-state index is 4.24. The van der Waals surface area contributed by atoms with E-state index in [9.17, 15) is 0 Å². The SMILES string of the molecule is CCCC1CCC(NC(C)c2ccnn2C)CC1. The molecule has 1 unspecified atom stereocenters. The van der Waals surface area contributed by atoms with Gasteiger partial charge in [-0.1, -0.05) is 19.8 Å². The summed E-state index contributed by atoms with van der Waals surface area (Å²) in [7, 11) is 2.02. The molecule has 3 nitrogen and oxygen atoms in total. The Morgan fingerprint density at radius 1 is 1.39 bits per heavy atom. The van der Waals surface area contributed by atoms with Gasteiger partial charge >= 0.3 is 0 Å². The lowest BCUT2D eigenvalue weighted by Gasteiger charge is -2.31. The lowest BCUT2D eigenvalue weighted by atomic mass is 9.83. The van der Waals surface area contributed by atoms with Gasteiger partial charge in [0.2, 0.25) is 0 Å². The molecule has 1 aliphatic rings. The summed E-state index contributed by atoms with van der Waals surface area (Å²) in [5.74, 6) is 0.986. The van der Waals surface area contributed by atoms with Crippen molar-refractivity contribution in [2.45, 2.75) is 64.5 Å². The zero-order valence-corrected chi connectivity index (χ0v) is 12.0. The summed E-state index contributed by atoms with van der Waals surface area (Å²) in [4.78, 5) is 0. The Morgan fingerprint density at radius 2 is 2.11 bits per heavy atom. The number of nitrogens with zero attached hydrogens (tertiary/aromatic N) is 2. The zero-order valence-electron chi connectivity index (χ0n) is 12.0. The first-order valence-corrected chi connectivity index (χ1v) is 7.44. The van der Waals surface area contributed by atoms with Crippen LogP contribution < -0.4 is 5.32 Å². The molecule has 0 saturated heterocycles. The van der Waals surface area contributed by atoms with Crippen molar-refractivity contribution in [1.82, 2.24) is 15.1 Å². The van der Waals surface area contributed by atoms with E-state index >= 15 is 0 Å². The first-order chi connectivity index (χ1) is 8.70. The Bertz CT molecular complexity index is 350. The van der Waals surface area contributed by atoms with Crippen LogP contribution in [0.25, 0.3) is 0 Å². The smallest absolute Gasteiger partial charge is 0.0547 e. The molecule has 0 aliphatic heterocycles. The van der Waals surface area contributed by atoms with E-state index in [-0.39, 0.29) is 0 Å². The molecule has 1 aromatic heterocycles. The number of rotatable bonds is 5. The van der Waals surface area contributed by atoms with Gasteiger partial charge in [-0.05, 0) is 44.6 Å². The average Bonchev–Trinajstić information content (AvgIpc) is 2.78. The normalized spacial score (nSPS) is 26.2. The Labute approximate surface area is 111 Å². The van der Waals surface area contributed by atoms with Crippen LogP contribution in [0.15, 0.2) is 12.3 Å². The number of nitrogens with one attached hydrogen (secondary N) is 1. The predicted octanol–water partition coefficient (Wildman–Crippen LogP) is 3.43. The molecule has 0 aromatic carbocycles. The van der Waals surface area contributed by atoms with Gasteiger partial charge in [-0.25, -0.2) is 0 Å². The summed E-state index contributed by atoms with van der Waals surface area (Å²) in [6.07, 6.45) is 10.1. The van der Waals surface area contributed by atoms with Gasteiger partial charge in [0.05, 0.1) is 5.69 Å². The van der Waals surface area contributed by atoms with E-state index in [0.717, 1.165) is 5.92 Å². The van der Waals surface area contributed by atoms with Crippen LogP contribution in [-0.2, 0) is 7.05 Å². The fraction of sp³-hybridized carbons (Fsp3) is 0.800. The van der Waals surface area contributed by atoms with Gasteiger partial charge in [0, 0.05) is 25.3 Å². The molecule has 1 aliphatic carbocycles. The molecule has 1 saturated carbocycles. The van der Waals surface area contributed by atoms with Gasteiger partial charge in [-0.15, -0.1) is 0 Å². The lowest BCUT2D eigenvalue weighted by Crippen LogP contribution is -2.35. The largest absolute Gasteiger partial charge is 0.306 e. The summed E-state index contributed by atoms with van der Waals surface area (Å²) < 4.78 is 1.97. The minimum atomic E-state index is 0.408. The van der Waals surface area contributed by atoms with Gasteiger partial charge in [-0.2, -0.15) is 5.10 Å². The molecule has 0 spiro atoms. The molecule has 0 radical (unpaired) electrons. The molecule has 1 aromatic rings. The predicted molar refractivity (Wildman–Crippen MR) is 75.4 cm³/mol. The highest BCUT2D eigenvalue weighted by Gasteiger charge is 2.22. The van der Waals surface area contributed by atoms with Gasteiger partial charge in [-0.3, -0.25) is 4.68 Å². The fourth-order valence-electron chi connectivity index (χ4n) is 3.27. The third kappa shape index (κ3) is 3.35. The van der Waals surface area contributed by atoms with Crippen molar-refractivity contribution < 1.29 is 0 Å². The van der Waals surface area contributed by atoms with E-state index < -0.39 is 0 Å². The summed E-state index contributed by atoms with van der Waals surface area (Å²) in [6.45, 7) is 4.55. The first-order valence-electron chi connectivity index (χ1n) is 7.44. The molecule has 3 heteroatoms. The molecule has 18 heavy (non-hydrogen) atoms. The molecular weight excluding hydrogens is 222 g/mol. The van der Waals surface area contributed by atoms with Crippen LogP contribution in [0.1, 0.15) is 64.1 Å². The van der Waals surface area contributed by atoms with E-state index in [2.05, 4.69) is 30.3 Å². The quantitative estimate of drug-likeness (QED) is 0.866. The molecule has 2 rings (SSSR count). The summed E-state index contributed by atoms with van der Waals surface area (Å²) in [5, 5.41) is 8.01. The van der Waals surface area contributed by atoms with Crippen LogP contribution in [0.4, 0.5) is 0 Å². The number of hydrogen-bond donors (Lipinski definition) is 1. The van der Waals surface area contributed by atoms with Crippen LogP contribution >= 0.6 is 0 Å². The Kier molecular flexibility index (Phi) is 4.81. The van der Waals surface area contributed by atoms with Crippen LogP contribution in [0.5, 0.6) is 0 Å². The highest BCUT2D eigenvalue weighted by Crippen LogP contribution is 2.28. The van der Waals surface area contributed by atoms with Crippen LogP contribution in [0.3, 0.4) is 0 Å². The van der Waals surface area contributed by atoms with Crippen molar-refractivity contribution in [2.75, 3.05) is 0 Å². The van der Waals surface area contributed by atoms with Crippen molar-refractivity contribution in [3.8, 4) is 0 Å². The minimum Gasteiger partial charge on any atom is -0.306 e. The second-order valence-electron chi connectivity index (χ2n) is 5.77. The molecule has 0 amide bonds. The molecular formula is C15H27N3. The van der Waals surface area contributed by atoms with E-state index in [0.29, 0.717) is 12.1 Å². The van der Waals surface area contributed by atoms with Gasteiger partial charge in [0.25, 0.3) is 0 Å². The van der Waals surface area contributed by atoms with Crippen LogP contribution in [-0.4, -0.2) is 15.8 Å². The second kappa shape index (κ2) is 6.37. The van der Waals surface area contributed by atoms with Gasteiger partial charge in [0.1, 0.15) is 0 Å². The second-order valence-corrected chi connectivity index (χ2v) is 5.77. The topological polar surface area (TPSA) is 29.9 Å². The first kappa shape index (κ1) is 13.6. The Hall–Kier alpha value is -0.830. The molecule has 0 bridgehead atoms. The van der Waals surface area contributed by atoms with Crippen molar-refractivity contribution in [3.63, 3.8) is 0 Å². The Balaban J connectivity index is 1.79. The summed E-state index contributed by atoms with van der Waals surface area (Å²) in [6, 6.07) is 3.22. The maximum absolute atomic E-state index is 4.24. The number of aryl methyl sites for hydroxylation is 1. The van der Waals surface area contributed by atoms with Crippen molar-refractivity contribution in [3.05, 3.63) is 18.0 Å². The molecule has 1 atom stereocenters. The summed E-state index contributed by atoms with van der Waals surface area (Å²) in [5.41, 5.74) is 1.28. The van der Waals surface area contributed by atoms with Crippen molar-refractivity contribution >= 4 is 0 Å². The highest BCUT2D eigenvalue weighted by molar-refractivity contribution is 5.05. The Morgan fingerprint density at radius 3 is 2.67 bits per heavy atom. The van der Waals surface area contributed by atoms with Crippen LogP contribution in [0.2, 0.25) is 0 Å². The zero-order chi connectivity index (χ0) is 13.0. The number of hydrogen-bond acceptors (Lipinski definition) is 2. The van der Waals surface area contributed by atoms with Gasteiger partial charge in [0.15, 0.2) is 0 Å². The average molecular weight is 249 g/mol. The van der Waals surface area contributed by atoms with Crippen molar-refractivity contribution in [2.24, 2.45) is 13.0 Å². The monoisotopic (exact) mass is 249 g/mol. The van der Waals surface area contributed by atoms with E-state index in [1.807, 2.05) is 17.9 Å². The standard InChI is InChI=1S/C15H27N3/c1-4-5-13-6-8-14(9-7-13)17-12(2)15-10-11-16-18(15)3/h10-14,17H,4-9H2,1-3H3. The molecule has 1 heterocycles. The van der Waals surface area contributed by atoms with E-state index in [1.54, 1.807) is 0 Å². The molecule has 1 N–H and O–H groups in total. The third-order valence-corrected chi connectivity index (χ3v) is 4.33. The summed E-state index contributed by atoms with van der Waals surface area (Å²) >= 11 is 0.